The largest absolute Gasteiger partial charge is 0.356 e. The summed E-state index contributed by atoms with van der Waals surface area (Å²) in [5.41, 5.74) is 0. The van der Waals surface area contributed by atoms with Crippen molar-refractivity contribution in [2.75, 3.05) is 33.2 Å². The zero-order valence-corrected chi connectivity index (χ0v) is 14.4. The van der Waals surface area contributed by atoms with Crippen molar-refractivity contribution < 1.29 is 22.0 Å². The van der Waals surface area contributed by atoms with Gasteiger partial charge < -0.3 is 10.6 Å². The van der Waals surface area contributed by atoms with E-state index in [0.29, 0.717) is 25.9 Å². The van der Waals surface area contributed by atoms with Crippen molar-refractivity contribution in [2.24, 2.45) is 11.8 Å². The van der Waals surface area contributed by atoms with Gasteiger partial charge in [0.25, 0.3) is 10.0 Å². The molecule has 1 heterocycles. The van der Waals surface area contributed by atoms with Gasteiger partial charge in [0.15, 0.2) is 0 Å². The van der Waals surface area contributed by atoms with E-state index in [2.05, 4.69) is 10.6 Å². The minimum absolute atomic E-state index is 0. The Bertz CT molecular complexity index is 443. The number of rotatable bonds is 7. The summed E-state index contributed by atoms with van der Waals surface area (Å²) in [7, 11) is -2.70. The fourth-order valence-corrected chi connectivity index (χ4v) is 3.24. The Kier molecular flexibility index (Phi) is 9.37. The first-order valence-electron chi connectivity index (χ1n) is 6.98. The molecule has 1 unspecified atom stereocenters. The van der Waals surface area contributed by atoms with Crippen LogP contribution in [-0.4, -0.2) is 57.6 Å². The van der Waals surface area contributed by atoms with Gasteiger partial charge in [0.1, 0.15) is 0 Å². The number of halogens is 3. The van der Waals surface area contributed by atoms with Gasteiger partial charge in [-0.05, 0) is 25.8 Å². The molecule has 1 atom stereocenters. The number of hydrogen-bond donors (Lipinski definition) is 2. The van der Waals surface area contributed by atoms with Crippen molar-refractivity contribution >= 4 is 28.3 Å². The molecule has 22 heavy (non-hydrogen) atoms. The molecule has 6 nitrogen and oxygen atoms in total. The van der Waals surface area contributed by atoms with E-state index < -0.39 is 15.8 Å². The molecular formula is C12H24ClF2N3O3S. The van der Waals surface area contributed by atoms with Crippen LogP contribution in [0.4, 0.5) is 8.78 Å². The summed E-state index contributed by atoms with van der Waals surface area (Å²) in [4.78, 5) is 11.7. The van der Waals surface area contributed by atoms with Gasteiger partial charge in [-0.3, -0.25) is 4.79 Å². The molecule has 1 rings (SSSR count). The van der Waals surface area contributed by atoms with Gasteiger partial charge in [-0.1, -0.05) is 6.92 Å². The lowest BCUT2D eigenvalue weighted by molar-refractivity contribution is -0.124. The second-order valence-electron chi connectivity index (χ2n) is 5.35. The van der Waals surface area contributed by atoms with E-state index in [1.807, 2.05) is 6.92 Å². The van der Waals surface area contributed by atoms with Crippen LogP contribution in [-0.2, 0) is 14.8 Å². The van der Waals surface area contributed by atoms with Crippen molar-refractivity contribution in [3.8, 4) is 0 Å². The number of carbonyl (C=O) groups is 1. The highest BCUT2D eigenvalue weighted by molar-refractivity contribution is 7.89. The van der Waals surface area contributed by atoms with E-state index in [1.54, 1.807) is 7.05 Å². The number of alkyl halides is 2. The summed E-state index contributed by atoms with van der Waals surface area (Å²) in [5.74, 6) is -3.45. The Morgan fingerprint density at radius 2 is 1.86 bits per heavy atom. The summed E-state index contributed by atoms with van der Waals surface area (Å²) in [6.07, 6.45) is 0.958. The van der Waals surface area contributed by atoms with Crippen LogP contribution in [0.1, 0.15) is 19.8 Å². The fraction of sp³-hybridized carbons (Fsp3) is 0.917. The molecular weight excluding hydrogens is 340 g/mol. The van der Waals surface area contributed by atoms with E-state index in [4.69, 9.17) is 0 Å². The van der Waals surface area contributed by atoms with E-state index in [0.717, 1.165) is 4.31 Å². The molecule has 0 aromatic carbocycles. The van der Waals surface area contributed by atoms with Crippen LogP contribution in [0.3, 0.4) is 0 Å². The number of nitrogens with one attached hydrogen (secondary N) is 2. The van der Waals surface area contributed by atoms with Crippen molar-refractivity contribution in [3.05, 3.63) is 0 Å². The summed E-state index contributed by atoms with van der Waals surface area (Å²) >= 11 is 0. The van der Waals surface area contributed by atoms with Crippen LogP contribution >= 0.6 is 12.4 Å². The lowest BCUT2D eigenvalue weighted by Crippen LogP contribution is -2.44. The molecule has 1 aliphatic heterocycles. The molecule has 0 aromatic rings. The van der Waals surface area contributed by atoms with Crippen molar-refractivity contribution in [1.29, 1.82) is 0 Å². The van der Waals surface area contributed by atoms with E-state index in [1.165, 1.54) is 0 Å². The molecule has 2 N–H and O–H groups in total. The quantitative estimate of drug-likeness (QED) is 0.696. The minimum atomic E-state index is -4.47. The minimum Gasteiger partial charge on any atom is -0.356 e. The van der Waals surface area contributed by atoms with Gasteiger partial charge >= 0.3 is 5.76 Å². The molecule has 0 aliphatic carbocycles. The van der Waals surface area contributed by atoms with Gasteiger partial charge in [-0.25, -0.2) is 8.42 Å². The Hall–Kier alpha value is -0.510. The van der Waals surface area contributed by atoms with Gasteiger partial charge in [0.2, 0.25) is 5.91 Å². The maximum Gasteiger partial charge on any atom is 0.350 e. The zero-order valence-electron chi connectivity index (χ0n) is 12.7. The van der Waals surface area contributed by atoms with Gasteiger partial charge in [-0.15, -0.1) is 12.4 Å². The molecule has 10 heteroatoms. The monoisotopic (exact) mass is 363 g/mol. The van der Waals surface area contributed by atoms with Gasteiger partial charge in [0.05, 0.1) is 0 Å². The molecule has 1 saturated heterocycles. The standard InChI is InChI=1S/C12H23F2N3O3S.ClH/c1-9(7-15-2)11(18)16-8-10-3-5-17(6-4-10)21(19,20)12(13)14;/h9-10,12,15H,3-8H2,1-2H3,(H,16,18);1H. The first kappa shape index (κ1) is 21.5. The van der Waals surface area contributed by atoms with Crippen LogP contribution in [0.5, 0.6) is 0 Å². The molecule has 0 aromatic heterocycles. The predicted octanol–water partition coefficient (Wildman–Crippen LogP) is 0.644. The second-order valence-corrected chi connectivity index (χ2v) is 7.25. The van der Waals surface area contributed by atoms with Crippen LogP contribution in [0.15, 0.2) is 0 Å². The van der Waals surface area contributed by atoms with E-state index >= 15 is 0 Å². The Labute approximate surface area is 136 Å². The maximum absolute atomic E-state index is 12.4. The highest BCUT2D eigenvalue weighted by Crippen LogP contribution is 2.22. The third-order valence-electron chi connectivity index (χ3n) is 3.68. The highest BCUT2D eigenvalue weighted by Gasteiger charge is 2.34. The normalized spacial score (nSPS) is 18.8. The summed E-state index contributed by atoms with van der Waals surface area (Å²) in [6.45, 7) is 3.01. The predicted molar refractivity (Wildman–Crippen MR) is 82.6 cm³/mol. The Morgan fingerprint density at radius 1 is 1.32 bits per heavy atom. The number of amides is 1. The Balaban J connectivity index is 0.00000441. The third kappa shape index (κ3) is 5.94. The van der Waals surface area contributed by atoms with Gasteiger partial charge in [0, 0.05) is 32.1 Å². The van der Waals surface area contributed by atoms with Crippen LogP contribution in [0, 0.1) is 11.8 Å². The molecule has 1 aliphatic rings. The number of carbonyl (C=O) groups excluding carboxylic acids is 1. The summed E-state index contributed by atoms with van der Waals surface area (Å²) < 4.78 is 48.3. The third-order valence-corrected chi connectivity index (χ3v) is 5.22. The second kappa shape index (κ2) is 9.59. The van der Waals surface area contributed by atoms with Crippen LogP contribution in [0.25, 0.3) is 0 Å². The van der Waals surface area contributed by atoms with Crippen molar-refractivity contribution in [2.45, 2.75) is 25.5 Å². The Morgan fingerprint density at radius 3 is 2.32 bits per heavy atom. The van der Waals surface area contributed by atoms with E-state index in [9.17, 15) is 22.0 Å². The average molecular weight is 364 g/mol. The zero-order chi connectivity index (χ0) is 16.0. The number of nitrogens with zero attached hydrogens (tertiary/aromatic N) is 1. The van der Waals surface area contributed by atoms with Crippen LogP contribution < -0.4 is 10.6 Å². The van der Waals surface area contributed by atoms with E-state index in [-0.39, 0.29) is 43.2 Å². The lowest BCUT2D eigenvalue weighted by atomic mass is 9.98. The molecule has 1 fully saturated rings. The first-order chi connectivity index (χ1) is 9.78. The van der Waals surface area contributed by atoms with Gasteiger partial charge in [-0.2, -0.15) is 13.1 Å². The van der Waals surface area contributed by atoms with Crippen LogP contribution in [0.2, 0.25) is 0 Å². The molecule has 1 amide bonds. The molecule has 0 bridgehead atoms. The maximum atomic E-state index is 12.4. The first-order valence-corrected chi connectivity index (χ1v) is 8.48. The molecule has 0 spiro atoms. The summed E-state index contributed by atoms with van der Waals surface area (Å²) in [5, 5.41) is 5.73. The van der Waals surface area contributed by atoms with Crippen molar-refractivity contribution in [1.82, 2.24) is 14.9 Å². The molecule has 0 saturated carbocycles. The topological polar surface area (TPSA) is 78.5 Å². The number of hydrogen-bond acceptors (Lipinski definition) is 4. The fourth-order valence-electron chi connectivity index (χ4n) is 2.30. The SMILES string of the molecule is CNCC(C)C(=O)NCC1CCN(S(=O)(=O)C(F)F)CC1.Cl. The average Bonchev–Trinajstić information content (AvgIpc) is 2.45. The highest BCUT2D eigenvalue weighted by atomic mass is 35.5. The summed E-state index contributed by atoms with van der Waals surface area (Å²) in [6, 6.07) is 0. The van der Waals surface area contributed by atoms with Crippen molar-refractivity contribution in [3.63, 3.8) is 0 Å². The molecule has 132 valence electrons. The lowest BCUT2D eigenvalue weighted by Gasteiger charge is -2.31. The number of sulfonamides is 1. The smallest absolute Gasteiger partial charge is 0.350 e. The molecule has 0 radical (unpaired) electrons. The number of piperidine rings is 1.